The summed E-state index contributed by atoms with van der Waals surface area (Å²) in [6.45, 7) is 3.09. The first-order valence-corrected chi connectivity index (χ1v) is 5.52. The highest BCUT2D eigenvalue weighted by molar-refractivity contribution is 4.86. The minimum absolute atomic E-state index is 0.175. The van der Waals surface area contributed by atoms with Crippen molar-refractivity contribution in [2.45, 2.75) is 39.3 Å². The lowest BCUT2D eigenvalue weighted by Gasteiger charge is -2.07. The predicted molar refractivity (Wildman–Crippen MR) is 58.0 cm³/mol. The molecule has 0 spiro atoms. The zero-order valence-corrected chi connectivity index (χ0v) is 8.98. The molecule has 0 N–H and O–H groups in total. The van der Waals surface area contributed by atoms with Gasteiger partial charge in [0.05, 0.1) is 0 Å². The van der Waals surface area contributed by atoms with Crippen molar-refractivity contribution in [2.24, 2.45) is 5.92 Å². The Morgan fingerprint density at radius 2 is 2.13 bits per heavy atom. The Kier molecular flexibility index (Phi) is 2.75. The normalized spacial score (nSPS) is 15.5. The van der Waals surface area contributed by atoms with Gasteiger partial charge in [0.15, 0.2) is 0 Å². The maximum Gasteiger partial charge on any atom is 0.330 e. The second kappa shape index (κ2) is 4.04. The lowest BCUT2D eigenvalue weighted by Crippen LogP contribution is -2.38. The van der Waals surface area contributed by atoms with Crippen molar-refractivity contribution >= 4 is 0 Å². The van der Waals surface area contributed by atoms with Gasteiger partial charge in [-0.1, -0.05) is 12.8 Å². The number of aryl methyl sites for hydroxylation is 1. The molecule has 0 unspecified atom stereocenters. The third kappa shape index (κ3) is 2.19. The summed E-state index contributed by atoms with van der Waals surface area (Å²) in [4.78, 5) is 23.3. The number of hydrogen-bond donors (Lipinski definition) is 0. The van der Waals surface area contributed by atoms with Gasteiger partial charge in [0.25, 0.3) is 5.56 Å². The molecule has 1 saturated carbocycles. The molecule has 0 radical (unpaired) electrons. The first-order valence-electron chi connectivity index (χ1n) is 5.52. The second-order valence-electron chi connectivity index (χ2n) is 4.11. The van der Waals surface area contributed by atoms with Gasteiger partial charge in [-0.15, -0.1) is 0 Å². The Balaban J connectivity index is 2.26. The van der Waals surface area contributed by atoms with Gasteiger partial charge in [0.1, 0.15) is 0 Å². The first kappa shape index (κ1) is 10.2. The van der Waals surface area contributed by atoms with Gasteiger partial charge in [-0.25, -0.2) is 4.79 Å². The maximum absolute atomic E-state index is 11.8. The van der Waals surface area contributed by atoms with E-state index in [0.717, 1.165) is 12.3 Å². The topological polar surface area (TPSA) is 44.0 Å². The van der Waals surface area contributed by atoms with Crippen LogP contribution in [0.5, 0.6) is 0 Å². The molecular weight excluding hydrogens is 192 g/mol. The molecule has 15 heavy (non-hydrogen) atoms. The maximum atomic E-state index is 11.8. The standard InChI is InChI=1S/C11H16N2O2/c1-2-12-7-6-10(14)13(11(12)15)8-5-9-3-4-9/h6-7,9H,2-5,8H2,1H3. The van der Waals surface area contributed by atoms with E-state index >= 15 is 0 Å². The molecule has 1 heterocycles. The molecule has 0 aliphatic heterocycles. The summed E-state index contributed by atoms with van der Waals surface area (Å²) in [5.41, 5.74) is -0.351. The minimum atomic E-state index is -0.176. The van der Waals surface area contributed by atoms with E-state index in [9.17, 15) is 9.59 Å². The zero-order chi connectivity index (χ0) is 10.8. The van der Waals surface area contributed by atoms with Gasteiger partial charge in [-0.2, -0.15) is 0 Å². The number of rotatable bonds is 4. The van der Waals surface area contributed by atoms with E-state index in [2.05, 4.69) is 0 Å². The molecule has 0 bridgehead atoms. The smallest absolute Gasteiger partial charge is 0.301 e. The van der Waals surface area contributed by atoms with Gasteiger partial charge >= 0.3 is 5.69 Å². The van der Waals surface area contributed by atoms with E-state index in [0.29, 0.717) is 13.1 Å². The molecule has 0 saturated heterocycles. The van der Waals surface area contributed by atoms with Crippen LogP contribution in [0.3, 0.4) is 0 Å². The largest absolute Gasteiger partial charge is 0.330 e. The lowest BCUT2D eigenvalue weighted by atomic mass is 10.3. The van der Waals surface area contributed by atoms with Crippen molar-refractivity contribution < 1.29 is 0 Å². The van der Waals surface area contributed by atoms with E-state index in [4.69, 9.17) is 0 Å². The fraction of sp³-hybridized carbons (Fsp3) is 0.636. The van der Waals surface area contributed by atoms with Crippen LogP contribution >= 0.6 is 0 Å². The van der Waals surface area contributed by atoms with Crippen LogP contribution in [0.4, 0.5) is 0 Å². The van der Waals surface area contributed by atoms with Crippen molar-refractivity contribution in [3.8, 4) is 0 Å². The van der Waals surface area contributed by atoms with E-state index in [1.807, 2.05) is 6.92 Å². The van der Waals surface area contributed by atoms with Crippen LogP contribution in [0.15, 0.2) is 21.9 Å². The van der Waals surface area contributed by atoms with Crippen molar-refractivity contribution in [3.05, 3.63) is 33.1 Å². The van der Waals surface area contributed by atoms with Crippen molar-refractivity contribution in [1.82, 2.24) is 9.13 Å². The molecule has 0 atom stereocenters. The van der Waals surface area contributed by atoms with Gasteiger partial charge in [-0.3, -0.25) is 9.36 Å². The average molecular weight is 208 g/mol. The molecule has 1 aromatic rings. The number of aromatic nitrogens is 2. The quantitative estimate of drug-likeness (QED) is 0.735. The van der Waals surface area contributed by atoms with Crippen molar-refractivity contribution in [3.63, 3.8) is 0 Å². The molecular formula is C11H16N2O2. The molecule has 4 heteroatoms. The molecule has 1 fully saturated rings. The summed E-state index contributed by atoms with van der Waals surface area (Å²) >= 11 is 0. The molecule has 82 valence electrons. The summed E-state index contributed by atoms with van der Waals surface area (Å²) in [7, 11) is 0. The van der Waals surface area contributed by atoms with Crippen LogP contribution in [0.2, 0.25) is 0 Å². The van der Waals surface area contributed by atoms with Gasteiger partial charge < -0.3 is 4.57 Å². The molecule has 2 rings (SSSR count). The highest BCUT2D eigenvalue weighted by Crippen LogP contribution is 2.32. The summed E-state index contributed by atoms with van der Waals surface area (Å²) in [6.07, 6.45) is 5.04. The molecule has 1 aromatic heterocycles. The van der Waals surface area contributed by atoms with E-state index in [1.54, 1.807) is 10.8 Å². The third-order valence-electron chi connectivity index (χ3n) is 2.94. The van der Waals surface area contributed by atoms with Crippen LogP contribution in [0, 0.1) is 5.92 Å². The van der Waals surface area contributed by atoms with Gasteiger partial charge in [0, 0.05) is 25.4 Å². The van der Waals surface area contributed by atoms with Crippen LogP contribution < -0.4 is 11.2 Å². The first-order chi connectivity index (χ1) is 7.22. The highest BCUT2D eigenvalue weighted by atomic mass is 16.2. The van der Waals surface area contributed by atoms with E-state index in [-0.39, 0.29) is 11.2 Å². The SMILES string of the molecule is CCn1ccc(=O)n(CCC2CC2)c1=O. The summed E-state index contributed by atoms with van der Waals surface area (Å²) in [5.74, 6) is 0.742. The van der Waals surface area contributed by atoms with Crippen LogP contribution in [0.1, 0.15) is 26.2 Å². The summed E-state index contributed by atoms with van der Waals surface area (Å²) < 4.78 is 2.91. The van der Waals surface area contributed by atoms with E-state index < -0.39 is 0 Å². The van der Waals surface area contributed by atoms with Crippen LogP contribution in [0.25, 0.3) is 0 Å². The van der Waals surface area contributed by atoms with Gasteiger partial charge in [0.2, 0.25) is 0 Å². The molecule has 0 aromatic carbocycles. The lowest BCUT2D eigenvalue weighted by molar-refractivity contribution is 0.523. The summed E-state index contributed by atoms with van der Waals surface area (Å²) in [5, 5.41) is 0. The van der Waals surface area contributed by atoms with Crippen LogP contribution in [-0.2, 0) is 13.1 Å². The Morgan fingerprint density at radius 3 is 2.73 bits per heavy atom. The van der Waals surface area contributed by atoms with Gasteiger partial charge in [-0.05, 0) is 19.3 Å². The number of nitrogens with zero attached hydrogens (tertiary/aromatic N) is 2. The zero-order valence-electron chi connectivity index (χ0n) is 8.98. The Morgan fingerprint density at radius 1 is 1.40 bits per heavy atom. The van der Waals surface area contributed by atoms with Crippen molar-refractivity contribution in [2.75, 3.05) is 0 Å². The molecule has 1 aliphatic carbocycles. The molecule has 4 nitrogen and oxygen atoms in total. The predicted octanol–water partition coefficient (Wildman–Crippen LogP) is 0.830. The monoisotopic (exact) mass is 208 g/mol. The highest BCUT2D eigenvalue weighted by Gasteiger charge is 2.21. The Bertz CT molecular complexity index is 454. The minimum Gasteiger partial charge on any atom is -0.301 e. The average Bonchev–Trinajstić information content (AvgIpc) is 3.02. The fourth-order valence-electron chi connectivity index (χ4n) is 1.72. The Hall–Kier alpha value is -1.32. The molecule has 0 amide bonds. The number of hydrogen-bond acceptors (Lipinski definition) is 2. The Labute approximate surface area is 88.2 Å². The second-order valence-corrected chi connectivity index (χ2v) is 4.11. The van der Waals surface area contributed by atoms with E-state index in [1.165, 1.54) is 23.5 Å². The van der Waals surface area contributed by atoms with Crippen LogP contribution in [-0.4, -0.2) is 9.13 Å². The molecule has 1 aliphatic rings. The summed E-state index contributed by atoms with van der Waals surface area (Å²) in [6, 6.07) is 1.47. The fourth-order valence-corrected chi connectivity index (χ4v) is 1.72. The third-order valence-corrected chi connectivity index (χ3v) is 2.94. The van der Waals surface area contributed by atoms with Crippen molar-refractivity contribution in [1.29, 1.82) is 0 Å².